The molecule has 2 aromatic carbocycles. The predicted octanol–water partition coefficient (Wildman–Crippen LogP) is 6.89. The van der Waals surface area contributed by atoms with Crippen molar-refractivity contribution in [2.24, 2.45) is 0 Å². The molecule has 0 saturated carbocycles. The van der Waals surface area contributed by atoms with Gasteiger partial charge in [-0.05, 0) is 57.5 Å². The van der Waals surface area contributed by atoms with E-state index >= 15 is 0 Å². The number of unbranched alkanes of at least 4 members (excludes halogenated alkanes) is 1. The van der Waals surface area contributed by atoms with Crippen LogP contribution in [0.3, 0.4) is 0 Å². The molecular formula is C16H8Br2F8. The van der Waals surface area contributed by atoms with Crippen molar-refractivity contribution in [3.8, 4) is 0 Å². The van der Waals surface area contributed by atoms with Crippen molar-refractivity contribution in [2.75, 3.05) is 0 Å². The Balaban J connectivity index is 2.14. The fourth-order valence-electron chi connectivity index (χ4n) is 2.34. The van der Waals surface area contributed by atoms with E-state index in [1.165, 1.54) is 0 Å². The fourth-order valence-corrected chi connectivity index (χ4v) is 3.44. The van der Waals surface area contributed by atoms with Gasteiger partial charge in [0.2, 0.25) is 0 Å². The highest BCUT2D eigenvalue weighted by atomic mass is 79.9. The first-order valence-corrected chi connectivity index (χ1v) is 8.68. The van der Waals surface area contributed by atoms with E-state index in [9.17, 15) is 35.1 Å². The van der Waals surface area contributed by atoms with Gasteiger partial charge in [0, 0.05) is 11.1 Å². The van der Waals surface area contributed by atoms with Crippen LogP contribution in [0.15, 0.2) is 8.95 Å². The number of halogens is 10. The predicted molar refractivity (Wildman–Crippen MR) is 84.6 cm³/mol. The van der Waals surface area contributed by atoms with Crippen molar-refractivity contribution in [1.29, 1.82) is 0 Å². The zero-order valence-corrected chi connectivity index (χ0v) is 15.8. The molecule has 26 heavy (non-hydrogen) atoms. The van der Waals surface area contributed by atoms with Crippen LogP contribution in [0.5, 0.6) is 0 Å². The smallest absolute Gasteiger partial charge is 0.198 e. The lowest BCUT2D eigenvalue weighted by Crippen LogP contribution is -2.06. The molecule has 0 aliphatic rings. The van der Waals surface area contributed by atoms with Gasteiger partial charge in [0.15, 0.2) is 46.5 Å². The largest absolute Gasteiger partial charge is 0.203 e. The van der Waals surface area contributed by atoms with Gasteiger partial charge in [0.05, 0.1) is 8.95 Å². The molecule has 0 heterocycles. The molecule has 0 bridgehead atoms. The Bertz CT molecular complexity index is 737. The van der Waals surface area contributed by atoms with Gasteiger partial charge in [-0.2, -0.15) is 0 Å². The first kappa shape index (κ1) is 21.1. The summed E-state index contributed by atoms with van der Waals surface area (Å²) in [4.78, 5) is 0. The molecule has 0 fully saturated rings. The average Bonchev–Trinajstić information content (AvgIpc) is 2.63. The molecule has 0 aliphatic heterocycles. The highest BCUT2D eigenvalue weighted by molar-refractivity contribution is 9.10. The summed E-state index contributed by atoms with van der Waals surface area (Å²) >= 11 is 5.27. The molecule has 0 radical (unpaired) electrons. The van der Waals surface area contributed by atoms with Gasteiger partial charge in [-0.3, -0.25) is 0 Å². The van der Waals surface area contributed by atoms with Crippen LogP contribution in [-0.2, 0) is 12.8 Å². The molecule has 0 saturated heterocycles. The first-order valence-electron chi connectivity index (χ1n) is 7.10. The van der Waals surface area contributed by atoms with Crippen LogP contribution >= 0.6 is 31.9 Å². The van der Waals surface area contributed by atoms with Gasteiger partial charge < -0.3 is 0 Å². The second kappa shape index (κ2) is 8.24. The van der Waals surface area contributed by atoms with E-state index in [2.05, 4.69) is 31.9 Å². The summed E-state index contributed by atoms with van der Waals surface area (Å²) in [6, 6.07) is 0. The maximum Gasteiger partial charge on any atom is 0.198 e. The van der Waals surface area contributed by atoms with E-state index in [0.29, 0.717) is 0 Å². The molecule has 0 amide bonds. The zero-order chi connectivity index (χ0) is 19.8. The number of benzene rings is 2. The minimum atomic E-state index is -1.96. The zero-order valence-electron chi connectivity index (χ0n) is 12.6. The third-order valence-electron chi connectivity index (χ3n) is 3.70. The Morgan fingerprint density at radius 2 is 0.692 bits per heavy atom. The van der Waals surface area contributed by atoms with Gasteiger partial charge in [-0.15, -0.1) is 0 Å². The molecule has 2 aromatic rings. The molecule has 0 atom stereocenters. The van der Waals surface area contributed by atoms with Crippen LogP contribution in [0.25, 0.3) is 0 Å². The van der Waals surface area contributed by atoms with Crippen LogP contribution < -0.4 is 0 Å². The maximum absolute atomic E-state index is 13.7. The molecule has 2 rings (SSSR count). The molecule has 0 unspecified atom stereocenters. The topological polar surface area (TPSA) is 0 Å². The van der Waals surface area contributed by atoms with Crippen molar-refractivity contribution in [1.82, 2.24) is 0 Å². The van der Waals surface area contributed by atoms with Crippen molar-refractivity contribution < 1.29 is 35.1 Å². The van der Waals surface area contributed by atoms with Crippen LogP contribution in [0.2, 0.25) is 0 Å². The summed E-state index contributed by atoms with van der Waals surface area (Å²) in [7, 11) is 0. The van der Waals surface area contributed by atoms with E-state index in [0.717, 1.165) is 0 Å². The molecule has 0 N–H and O–H groups in total. The highest BCUT2D eigenvalue weighted by Gasteiger charge is 2.25. The lowest BCUT2D eigenvalue weighted by atomic mass is 10.0. The van der Waals surface area contributed by atoms with Gasteiger partial charge in [-0.1, -0.05) is 0 Å². The third kappa shape index (κ3) is 3.76. The summed E-state index contributed by atoms with van der Waals surface area (Å²) in [5, 5.41) is 0. The van der Waals surface area contributed by atoms with Gasteiger partial charge in [-0.25, -0.2) is 35.1 Å². The van der Waals surface area contributed by atoms with Gasteiger partial charge in [0.25, 0.3) is 0 Å². The Morgan fingerprint density at radius 1 is 0.423 bits per heavy atom. The Kier molecular flexibility index (Phi) is 6.70. The maximum atomic E-state index is 13.7. The standard InChI is InChI=1S/C16H8Br2F8/c17-7-5(9(19)13(23)15(25)11(7)21)3-1-2-4-6-8(18)12(22)16(26)14(24)10(6)20/h1-4H2. The molecule has 0 aromatic heterocycles. The molecule has 142 valence electrons. The monoisotopic (exact) mass is 510 g/mol. The Labute approximate surface area is 159 Å². The van der Waals surface area contributed by atoms with Crippen LogP contribution in [-0.4, -0.2) is 0 Å². The summed E-state index contributed by atoms with van der Waals surface area (Å²) in [6.45, 7) is 0. The highest BCUT2D eigenvalue weighted by Crippen LogP contribution is 2.32. The minimum absolute atomic E-state index is 0.0204. The quantitative estimate of drug-likeness (QED) is 0.177. The second-order valence-electron chi connectivity index (χ2n) is 5.30. The normalized spacial score (nSPS) is 11.3. The Hall–Kier alpha value is -1.16. The van der Waals surface area contributed by atoms with Crippen molar-refractivity contribution in [3.05, 3.63) is 66.6 Å². The third-order valence-corrected chi connectivity index (χ3v) is 5.36. The van der Waals surface area contributed by atoms with E-state index in [1.54, 1.807) is 0 Å². The lowest BCUT2D eigenvalue weighted by molar-refractivity contribution is 0.398. The molecule has 0 nitrogen and oxygen atoms in total. The fraction of sp³-hybridized carbons (Fsp3) is 0.250. The lowest BCUT2D eigenvalue weighted by Gasteiger charge is -2.11. The number of hydrogen-bond acceptors (Lipinski definition) is 0. The van der Waals surface area contributed by atoms with E-state index < -0.39 is 66.6 Å². The van der Waals surface area contributed by atoms with Crippen LogP contribution in [0.4, 0.5) is 35.1 Å². The molecule has 0 spiro atoms. The summed E-state index contributed by atoms with van der Waals surface area (Å²) in [5.41, 5.74) is -0.921. The van der Waals surface area contributed by atoms with E-state index in [1.807, 2.05) is 0 Å². The number of rotatable bonds is 5. The SMILES string of the molecule is Fc1c(F)c(F)c(CCCCc2c(F)c(F)c(F)c(F)c2Br)c(Br)c1F. The van der Waals surface area contributed by atoms with Crippen molar-refractivity contribution in [2.45, 2.75) is 25.7 Å². The number of hydrogen-bond donors (Lipinski definition) is 0. The van der Waals surface area contributed by atoms with Crippen molar-refractivity contribution >= 4 is 31.9 Å². The van der Waals surface area contributed by atoms with Gasteiger partial charge >= 0.3 is 0 Å². The molecule has 0 aliphatic carbocycles. The van der Waals surface area contributed by atoms with E-state index in [-0.39, 0.29) is 25.7 Å². The minimum Gasteiger partial charge on any atom is -0.203 e. The Morgan fingerprint density at radius 3 is 1.00 bits per heavy atom. The summed E-state index contributed by atoms with van der Waals surface area (Å²) in [5.74, 6) is -14.1. The first-order chi connectivity index (χ1) is 12.1. The summed E-state index contributed by atoms with van der Waals surface area (Å²) in [6.07, 6.45) is -0.475. The average molecular weight is 512 g/mol. The second-order valence-corrected chi connectivity index (χ2v) is 6.89. The van der Waals surface area contributed by atoms with Gasteiger partial charge in [0.1, 0.15) is 0 Å². The van der Waals surface area contributed by atoms with Crippen LogP contribution in [0, 0.1) is 46.5 Å². The van der Waals surface area contributed by atoms with Crippen LogP contribution in [0.1, 0.15) is 24.0 Å². The summed E-state index contributed by atoms with van der Waals surface area (Å²) < 4.78 is 106. The molecule has 10 heteroatoms. The molecular weight excluding hydrogens is 504 g/mol. The van der Waals surface area contributed by atoms with E-state index in [4.69, 9.17) is 0 Å². The van der Waals surface area contributed by atoms with Crippen molar-refractivity contribution in [3.63, 3.8) is 0 Å².